The molecule has 1 unspecified atom stereocenters. The topological polar surface area (TPSA) is 66.8 Å². The van der Waals surface area contributed by atoms with E-state index in [2.05, 4.69) is 0 Å². The minimum atomic E-state index is -0.917. The zero-order valence-electron chi connectivity index (χ0n) is 12.6. The van der Waals surface area contributed by atoms with Gasteiger partial charge in [0.1, 0.15) is 11.6 Å². The minimum Gasteiger partial charge on any atom is -0.480 e. The van der Waals surface area contributed by atoms with Crippen LogP contribution < -0.4 is 0 Å². The molecule has 2 fully saturated rings. The molecule has 1 N–H and O–H groups in total. The molecule has 0 aromatic carbocycles. The summed E-state index contributed by atoms with van der Waals surface area (Å²) in [6.07, 6.45) is 5.50. The van der Waals surface area contributed by atoms with Gasteiger partial charge in [-0.25, -0.2) is 9.59 Å². The Bertz CT molecular complexity index is 399. The molecule has 20 heavy (non-hydrogen) atoms. The van der Waals surface area contributed by atoms with Gasteiger partial charge in [0.2, 0.25) is 0 Å². The second-order valence-electron chi connectivity index (χ2n) is 6.68. The molecule has 1 saturated heterocycles. The highest BCUT2D eigenvalue weighted by molar-refractivity contribution is 5.81. The molecule has 114 valence electrons. The van der Waals surface area contributed by atoms with Crippen molar-refractivity contribution >= 4 is 12.1 Å². The Hall–Kier alpha value is -1.26. The van der Waals surface area contributed by atoms with Crippen LogP contribution in [0.25, 0.3) is 0 Å². The predicted octanol–water partition coefficient (Wildman–Crippen LogP) is 3.17. The molecule has 1 atom stereocenters. The van der Waals surface area contributed by atoms with Gasteiger partial charge in [-0.3, -0.25) is 4.90 Å². The Morgan fingerprint density at radius 3 is 2.40 bits per heavy atom. The maximum Gasteiger partial charge on any atom is 0.411 e. The van der Waals surface area contributed by atoms with E-state index in [9.17, 15) is 14.7 Å². The fourth-order valence-corrected chi connectivity index (χ4v) is 3.42. The number of likely N-dealkylation sites (tertiary alicyclic amines) is 1. The Morgan fingerprint density at radius 2 is 1.90 bits per heavy atom. The van der Waals surface area contributed by atoms with Crippen molar-refractivity contribution < 1.29 is 19.4 Å². The quantitative estimate of drug-likeness (QED) is 0.864. The standard InChI is InChI=1S/C15H25NO4/c1-4-14(2,3)20-13(19)16-11(12(17)18)7-10-15(16)8-5-6-9-15/h11H,4-10H2,1-3H3,(H,17,18). The van der Waals surface area contributed by atoms with Gasteiger partial charge in [0, 0.05) is 5.54 Å². The first-order valence-corrected chi connectivity index (χ1v) is 7.56. The molecule has 1 saturated carbocycles. The van der Waals surface area contributed by atoms with Crippen LogP contribution in [0.3, 0.4) is 0 Å². The van der Waals surface area contributed by atoms with Gasteiger partial charge >= 0.3 is 12.1 Å². The molecule has 2 rings (SSSR count). The van der Waals surface area contributed by atoms with E-state index in [-0.39, 0.29) is 5.54 Å². The Kier molecular flexibility index (Phi) is 3.98. The highest BCUT2D eigenvalue weighted by atomic mass is 16.6. The summed E-state index contributed by atoms with van der Waals surface area (Å²) in [5, 5.41) is 9.38. The number of carboxylic acids is 1. The van der Waals surface area contributed by atoms with Gasteiger partial charge in [0.25, 0.3) is 0 Å². The van der Waals surface area contributed by atoms with E-state index in [1.807, 2.05) is 20.8 Å². The summed E-state index contributed by atoms with van der Waals surface area (Å²) >= 11 is 0. The van der Waals surface area contributed by atoms with Crippen LogP contribution in [0.1, 0.15) is 65.7 Å². The van der Waals surface area contributed by atoms with Crippen LogP contribution in [-0.4, -0.2) is 39.3 Å². The molecule has 0 aromatic rings. The summed E-state index contributed by atoms with van der Waals surface area (Å²) in [7, 11) is 0. The molecule has 0 aromatic heterocycles. The molecule has 0 bridgehead atoms. The van der Waals surface area contributed by atoms with E-state index in [0.29, 0.717) is 12.8 Å². The number of ether oxygens (including phenoxy) is 1. The summed E-state index contributed by atoms with van der Waals surface area (Å²) in [5.74, 6) is -0.917. The monoisotopic (exact) mass is 283 g/mol. The predicted molar refractivity (Wildman–Crippen MR) is 74.5 cm³/mol. The number of carbonyl (C=O) groups excluding carboxylic acids is 1. The summed E-state index contributed by atoms with van der Waals surface area (Å²) in [5.41, 5.74) is -0.827. The largest absolute Gasteiger partial charge is 0.480 e. The lowest BCUT2D eigenvalue weighted by molar-refractivity contribution is -0.143. The van der Waals surface area contributed by atoms with Gasteiger partial charge in [-0.15, -0.1) is 0 Å². The van der Waals surface area contributed by atoms with Crippen molar-refractivity contribution in [2.45, 2.75) is 82.9 Å². The van der Waals surface area contributed by atoms with Gasteiger partial charge in [0.05, 0.1) is 0 Å². The van der Waals surface area contributed by atoms with Crippen molar-refractivity contribution in [1.29, 1.82) is 0 Å². The van der Waals surface area contributed by atoms with Crippen LogP contribution in [0.2, 0.25) is 0 Å². The van der Waals surface area contributed by atoms with Gasteiger partial charge in [-0.2, -0.15) is 0 Å². The zero-order valence-corrected chi connectivity index (χ0v) is 12.6. The number of rotatable bonds is 3. The van der Waals surface area contributed by atoms with Crippen molar-refractivity contribution in [2.75, 3.05) is 0 Å². The summed E-state index contributed by atoms with van der Waals surface area (Å²) in [6.45, 7) is 5.67. The third kappa shape index (κ3) is 2.63. The van der Waals surface area contributed by atoms with E-state index in [1.54, 1.807) is 4.90 Å². The molecule has 0 radical (unpaired) electrons. The number of hydrogen-bond acceptors (Lipinski definition) is 3. The van der Waals surface area contributed by atoms with E-state index in [0.717, 1.165) is 32.1 Å². The third-order valence-electron chi connectivity index (χ3n) is 4.94. The fraction of sp³-hybridized carbons (Fsp3) is 0.867. The highest BCUT2D eigenvalue weighted by Gasteiger charge is 2.53. The van der Waals surface area contributed by atoms with Gasteiger partial charge < -0.3 is 9.84 Å². The Balaban J connectivity index is 2.22. The van der Waals surface area contributed by atoms with Crippen molar-refractivity contribution in [3.63, 3.8) is 0 Å². The second kappa shape index (κ2) is 5.26. The average molecular weight is 283 g/mol. The highest BCUT2D eigenvalue weighted by Crippen LogP contribution is 2.46. The summed E-state index contributed by atoms with van der Waals surface area (Å²) in [6, 6.07) is -0.728. The molecule has 1 aliphatic heterocycles. The number of carbonyl (C=O) groups is 2. The van der Waals surface area contributed by atoms with Crippen LogP contribution in [0.4, 0.5) is 4.79 Å². The maximum atomic E-state index is 12.5. The van der Waals surface area contributed by atoms with Crippen molar-refractivity contribution in [2.24, 2.45) is 0 Å². The van der Waals surface area contributed by atoms with Gasteiger partial charge in [-0.05, 0) is 46.0 Å². The lowest BCUT2D eigenvalue weighted by atomic mass is 9.94. The Morgan fingerprint density at radius 1 is 1.30 bits per heavy atom. The smallest absolute Gasteiger partial charge is 0.411 e. The number of nitrogens with zero attached hydrogens (tertiary/aromatic N) is 1. The summed E-state index contributed by atoms with van der Waals surface area (Å²) in [4.78, 5) is 25.5. The molecular formula is C15H25NO4. The molecule has 5 heteroatoms. The van der Waals surface area contributed by atoms with Crippen molar-refractivity contribution in [1.82, 2.24) is 4.90 Å². The van der Waals surface area contributed by atoms with Crippen LogP contribution in [0.5, 0.6) is 0 Å². The average Bonchev–Trinajstić information content (AvgIpc) is 2.97. The Labute approximate surface area is 120 Å². The number of amides is 1. The molecule has 2 aliphatic rings. The molecule has 1 amide bonds. The minimum absolute atomic E-state index is 0.274. The first-order valence-electron chi connectivity index (χ1n) is 7.56. The molecule has 1 heterocycles. The van der Waals surface area contributed by atoms with Crippen LogP contribution in [-0.2, 0) is 9.53 Å². The normalized spacial score (nSPS) is 25.1. The number of hydrogen-bond donors (Lipinski definition) is 1. The number of aliphatic carboxylic acids is 1. The molecule has 1 spiro atoms. The molecule has 5 nitrogen and oxygen atoms in total. The molecule has 1 aliphatic carbocycles. The maximum absolute atomic E-state index is 12.5. The first-order chi connectivity index (χ1) is 9.31. The van der Waals surface area contributed by atoms with Crippen LogP contribution >= 0.6 is 0 Å². The van der Waals surface area contributed by atoms with E-state index < -0.39 is 23.7 Å². The van der Waals surface area contributed by atoms with Crippen LogP contribution in [0.15, 0.2) is 0 Å². The van der Waals surface area contributed by atoms with E-state index in [4.69, 9.17) is 4.74 Å². The van der Waals surface area contributed by atoms with Crippen molar-refractivity contribution in [3.05, 3.63) is 0 Å². The lowest BCUT2D eigenvalue weighted by Crippen LogP contribution is -2.53. The third-order valence-corrected chi connectivity index (χ3v) is 4.94. The molecular weight excluding hydrogens is 258 g/mol. The first kappa shape index (κ1) is 15.1. The zero-order chi connectivity index (χ0) is 15.0. The lowest BCUT2D eigenvalue weighted by Gasteiger charge is -2.38. The van der Waals surface area contributed by atoms with Gasteiger partial charge in [-0.1, -0.05) is 19.8 Å². The second-order valence-corrected chi connectivity index (χ2v) is 6.68. The van der Waals surface area contributed by atoms with Crippen LogP contribution in [0, 0.1) is 0 Å². The van der Waals surface area contributed by atoms with Crippen molar-refractivity contribution in [3.8, 4) is 0 Å². The van der Waals surface area contributed by atoms with Gasteiger partial charge in [0.15, 0.2) is 0 Å². The SMILES string of the molecule is CCC(C)(C)OC(=O)N1C(C(=O)O)CCC12CCCC2. The summed E-state index contributed by atoms with van der Waals surface area (Å²) < 4.78 is 5.56. The number of carboxylic acid groups (broad SMARTS) is 1. The van der Waals surface area contributed by atoms with E-state index in [1.165, 1.54) is 0 Å². The fourth-order valence-electron chi connectivity index (χ4n) is 3.42. The van der Waals surface area contributed by atoms with E-state index >= 15 is 0 Å².